The molecule has 1 fully saturated rings. The zero-order valence-electron chi connectivity index (χ0n) is 14.7. The molecule has 0 bridgehead atoms. The Kier molecular flexibility index (Phi) is 7.28. The van der Waals surface area contributed by atoms with Crippen LogP contribution >= 0.6 is 23.5 Å². The number of aliphatic imine (C=N–C) groups is 1. The summed E-state index contributed by atoms with van der Waals surface area (Å²) in [6.07, 6.45) is -1.75. The summed E-state index contributed by atoms with van der Waals surface area (Å²) in [4.78, 5) is 48.6. The summed E-state index contributed by atoms with van der Waals surface area (Å²) in [5, 5.41) is 10.0. The monoisotopic (exact) mass is 475 g/mol. The topological polar surface area (TPSA) is 242 Å². The van der Waals surface area contributed by atoms with Crippen LogP contribution in [0.5, 0.6) is 0 Å². The van der Waals surface area contributed by atoms with Crippen molar-refractivity contribution in [1.29, 1.82) is 0 Å². The van der Waals surface area contributed by atoms with Crippen LogP contribution in [0.2, 0.25) is 0 Å². The number of hydrogen-bond acceptors (Lipinski definition) is 15. The van der Waals surface area contributed by atoms with Crippen LogP contribution in [0.4, 0.5) is 0 Å². The van der Waals surface area contributed by atoms with Gasteiger partial charge in [0, 0.05) is 18.2 Å². The molecule has 0 spiro atoms. The van der Waals surface area contributed by atoms with Gasteiger partial charge in [-0.3, -0.25) is 13.4 Å². The Bertz CT molecular complexity index is 868. The van der Waals surface area contributed by atoms with Crippen LogP contribution in [0.25, 0.3) is 0 Å². The van der Waals surface area contributed by atoms with Gasteiger partial charge in [-0.15, -0.1) is 0 Å². The molecule has 2 aliphatic rings. The Labute approximate surface area is 164 Å². The quantitative estimate of drug-likeness (QED) is 0.340. The number of aliphatic hydroxyl groups is 1. The van der Waals surface area contributed by atoms with Crippen LogP contribution in [0.1, 0.15) is 13.3 Å². The third-order valence-corrected chi connectivity index (χ3v) is 7.26. The fourth-order valence-electron chi connectivity index (χ4n) is 2.37. The minimum absolute atomic E-state index is 0.0189. The highest BCUT2D eigenvalue weighted by molar-refractivity contribution is 7.64. The lowest BCUT2D eigenvalue weighted by Crippen LogP contribution is -2.34. The normalized spacial score (nSPS) is 29.8. The van der Waals surface area contributed by atoms with Gasteiger partial charge in [0.15, 0.2) is 0 Å². The lowest BCUT2D eigenvalue weighted by Gasteiger charge is -2.37. The minimum Gasteiger partial charge on any atom is -0.790 e. The number of phosphoric ester groups is 1. The van der Waals surface area contributed by atoms with E-state index in [1.165, 1.54) is 4.90 Å². The van der Waals surface area contributed by atoms with Gasteiger partial charge in [0.05, 0.1) is 20.5 Å². The second-order valence-corrected chi connectivity index (χ2v) is 10.1. The van der Waals surface area contributed by atoms with E-state index in [1.54, 1.807) is 13.1 Å². The number of rotatable bonds is 8. The summed E-state index contributed by atoms with van der Waals surface area (Å²) in [7, 11) is -17.8. The van der Waals surface area contributed by atoms with Crippen molar-refractivity contribution in [3.63, 3.8) is 0 Å². The zero-order valence-corrected chi connectivity index (χ0v) is 17.4. The van der Waals surface area contributed by atoms with E-state index >= 15 is 0 Å². The summed E-state index contributed by atoms with van der Waals surface area (Å²) in [5.41, 5.74) is 6.25. The van der Waals surface area contributed by atoms with Gasteiger partial charge in [-0.25, -0.2) is 9.30 Å². The SMILES string of the molecule is C=C1N=C(N)C(C)=CN1C1CC(O)C(COP(=O)([O-])OP(=O)([O-])OP(=O)([O-])[O-])O1. The second kappa shape index (κ2) is 8.67. The molecular weight excluding hydrogens is 459 g/mol. The fourth-order valence-corrected chi connectivity index (χ4v) is 5.23. The maximum Gasteiger partial charge on any atom is 0.278 e. The minimum atomic E-state index is -6.08. The smallest absolute Gasteiger partial charge is 0.278 e. The first kappa shape index (κ1) is 24.4. The zero-order chi connectivity index (χ0) is 22.2. The van der Waals surface area contributed by atoms with Gasteiger partial charge in [-0.05, 0) is 6.92 Å². The van der Waals surface area contributed by atoms with Crippen molar-refractivity contribution < 1.29 is 56.3 Å². The summed E-state index contributed by atoms with van der Waals surface area (Å²) in [5.74, 6) is 0.438. The van der Waals surface area contributed by atoms with E-state index in [0.29, 0.717) is 5.57 Å². The second-order valence-electron chi connectivity index (χ2n) is 5.87. The number of ether oxygens (including phenoxy) is 1. The predicted molar refractivity (Wildman–Crippen MR) is 86.6 cm³/mol. The van der Waals surface area contributed by atoms with Crippen LogP contribution < -0.4 is 25.3 Å². The molecule has 15 nitrogen and oxygen atoms in total. The molecule has 0 saturated carbocycles. The van der Waals surface area contributed by atoms with Gasteiger partial charge < -0.3 is 49.1 Å². The maximum atomic E-state index is 11.5. The predicted octanol–water partition coefficient (Wildman–Crippen LogP) is -2.67. The van der Waals surface area contributed by atoms with Gasteiger partial charge in [0.25, 0.3) is 15.6 Å². The number of amidine groups is 1. The van der Waals surface area contributed by atoms with Gasteiger partial charge in [-0.1, -0.05) is 6.58 Å². The van der Waals surface area contributed by atoms with E-state index in [2.05, 4.69) is 24.7 Å². The molecule has 0 radical (unpaired) electrons. The Morgan fingerprint density at radius 1 is 1.31 bits per heavy atom. The molecule has 1 saturated heterocycles. The number of nitrogens with two attached hydrogens (primary N) is 1. The number of hydrogen-bond donors (Lipinski definition) is 2. The third-order valence-electron chi connectivity index (χ3n) is 3.60. The lowest BCUT2D eigenvalue weighted by molar-refractivity contribution is -0.339. The summed E-state index contributed by atoms with van der Waals surface area (Å²) < 4.78 is 49.2. The molecule has 0 amide bonds. The highest BCUT2D eigenvalue weighted by atomic mass is 31.3. The Morgan fingerprint density at radius 3 is 2.52 bits per heavy atom. The molecule has 3 N–H and O–H groups in total. The molecule has 0 aromatic carbocycles. The Hall–Kier alpha value is -0.920. The van der Waals surface area contributed by atoms with Crippen LogP contribution in [0.15, 0.2) is 29.2 Å². The van der Waals surface area contributed by atoms with Crippen molar-refractivity contribution >= 4 is 29.3 Å². The Balaban J connectivity index is 1.96. The number of phosphoric acid groups is 3. The first-order valence-corrected chi connectivity index (χ1v) is 12.0. The van der Waals surface area contributed by atoms with Crippen molar-refractivity contribution in [3.05, 3.63) is 24.2 Å². The molecule has 29 heavy (non-hydrogen) atoms. The van der Waals surface area contributed by atoms with Crippen LogP contribution in [-0.2, 0) is 31.6 Å². The van der Waals surface area contributed by atoms with E-state index in [9.17, 15) is 38.4 Å². The summed E-state index contributed by atoms with van der Waals surface area (Å²) >= 11 is 0. The average molecular weight is 475 g/mol. The van der Waals surface area contributed by atoms with E-state index in [-0.39, 0.29) is 18.1 Å². The summed E-state index contributed by atoms with van der Waals surface area (Å²) in [6, 6.07) is 0. The highest BCUT2D eigenvalue weighted by Gasteiger charge is 2.39. The summed E-state index contributed by atoms with van der Waals surface area (Å²) in [6.45, 7) is 4.46. The first-order valence-electron chi connectivity index (χ1n) is 7.64. The number of aliphatic hydroxyl groups excluding tert-OH is 1. The fraction of sp³-hybridized carbons (Fsp3) is 0.545. The van der Waals surface area contributed by atoms with Crippen LogP contribution in [-0.4, -0.2) is 40.9 Å². The van der Waals surface area contributed by atoms with Gasteiger partial charge in [0.1, 0.15) is 24.0 Å². The van der Waals surface area contributed by atoms with E-state index in [0.717, 1.165) is 0 Å². The largest absolute Gasteiger partial charge is 0.790 e. The molecule has 2 aliphatic heterocycles. The van der Waals surface area contributed by atoms with Crippen molar-refractivity contribution in [2.24, 2.45) is 10.7 Å². The van der Waals surface area contributed by atoms with Crippen molar-refractivity contribution in [2.45, 2.75) is 31.8 Å². The molecule has 0 aromatic rings. The molecular formula is C11H16N3O12P3-4. The molecule has 18 heteroatoms. The van der Waals surface area contributed by atoms with Gasteiger partial charge >= 0.3 is 0 Å². The highest BCUT2D eigenvalue weighted by Crippen LogP contribution is 2.60. The molecule has 2 rings (SSSR count). The molecule has 0 aromatic heterocycles. The Morgan fingerprint density at radius 2 is 1.93 bits per heavy atom. The van der Waals surface area contributed by atoms with Crippen LogP contribution in [0.3, 0.4) is 0 Å². The molecule has 166 valence electrons. The molecule has 5 atom stereocenters. The number of nitrogens with zero attached hydrogens (tertiary/aromatic N) is 2. The molecule has 0 aliphatic carbocycles. The maximum absolute atomic E-state index is 11.5. The molecule has 5 unspecified atom stereocenters. The van der Waals surface area contributed by atoms with Crippen molar-refractivity contribution in [2.75, 3.05) is 6.61 Å². The molecule has 2 heterocycles. The van der Waals surface area contributed by atoms with E-state index < -0.39 is 48.5 Å². The first-order chi connectivity index (χ1) is 13.1. The van der Waals surface area contributed by atoms with Crippen molar-refractivity contribution in [1.82, 2.24) is 4.90 Å². The average Bonchev–Trinajstić information content (AvgIpc) is 2.86. The van der Waals surface area contributed by atoms with Gasteiger partial charge in [-0.2, -0.15) is 0 Å². The van der Waals surface area contributed by atoms with Crippen LogP contribution in [0, 0.1) is 0 Å². The lowest BCUT2D eigenvalue weighted by atomic mass is 10.2. The van der Waals surface area contributed by atoms with E-state index in [1.807, 2.05) is 0 Å². The third kappa shape index (κ3) is 7.07. The van der Waals surface area contributed by atoms with Crippen molar-refractivity contribution in [3.8, 4) is 0 Å². The standard InChI is InChI=1S/C11H20N3O12P3/c1-6-4-14(7(2)13-11(6)12)10-3-8(15)9(24-10)5-23-28(19,20)26-29(21,22)25-27(16,17)18/h4,8-10,15H,2-3,5H2,1H3,(H2,12,13)(H,19,20)(H,21,22)(H2,16,17,18)/p-4. The van der Waals surface area contributed by atoms with Gasteiger partial charge in [0.2, 0.25) is 0 Å². The van der Waals surface area contributed by atoms with E-state index in [4.69, 9.17) is 10.5 Å².